The maximum absolute atomic E-state index is 14.1. The number of aliphatic imine (C=N–C) groups is 1. The predicted molar refractivity (Wildman–Crippen MR) is 102 cm³/mol. The van der Waals surface area contributed by atoms with Gasteiger partial charge in [-0.1, -0.05) is 30.3 Å². The second-order valence-electron chi connectivity index (χ2n) is 7.74. The molecule has 148 valence electrons. The quantitative estimate of drug-likeness (QED) is 0.705. The van der Waals surface area contributed by atoms with Crippen molar-refractivity contribution < 1.29 is 22.7 Å². The van der Waals surface area contributed by atoms with Crippen LogP contribution in [0.25, 0.3) is 0 Å². The third-order valence-electron chi connectivity index (χ3n) is 4.41. The summed E-state index contributed by atoms with van der Waals surface area (Å²) in [5.74, 6) is 0. The molecular weight excluding hydrogens is 369 g/mol. The molecule has 0 saturated carbocycles. The Hall–Kier alpha value is -2.83. The number of carbonyl (C=O) groups is 1. The lowest BCUT2D eigenvalue weighted by Crippen LogP contribution is -2.47. The van der Waals surface area contributed by atoms with Crippen LogP contribution in [-0.4, -0.2) is 24.1 Å². The topological polar surface area (TPSA) is 50.7 Å². The van der Waals surface area contributed by atoms with E-state index in [-0.39, 0.29) is 12.0 Å². The van der Waals surface area contributed by atoms with Crippen molar-refractivity contribution in [1.29, 1.82) is 0 Å². The molecule has 0 bridgehead atoms. The minimum absolute atomic E-state index is 0.127. The van der Waals surface area contributed by atoms with Gasteiger partial charge in [0.1, 0.15) is 11.0 Å². The fourth-order valence-corrected chi connectivity index (χ4v) is 3.13. The summed E-state index contributed by atoms with van der Waals surface area (Å²) in [5.41, 5.74) is -1.56. The number of nitrogens with one attached hydrogen (secondary N) is 1. The van der Waals surface area contributed by atoms with Gasteiger partial charge in [0.25, 0.3) is 0 Å². The Morgan fingerprint density at radius 3 is 2.39 bits per heavy atom. The average molecular weight is 390 g/mol. The predicted octanol–water partition coefficient (Wildman–Crippen LogP) is 5.79. The maximum atomic E-state index is 14.1. The standard InChI is InChI=1S/C21H21F3N2O2/c1-19(2,3)28-18(27)26-16-9-10-17-14(11-16)12-20(13-25-17,21(22,23)24)15-7-5-4-6-8-15/h4-11,13H,12H2,1-3H3,(H,26,27)/t20-/m0/s1. The van der Waals surface area contributed by atoms with E-state index in [1.165, 1.54) is 18.2 Å². The number of anilines is 1. The first kappa shape index (κ1) is 19.9. The van der Waals surface area contributed by atoms with Gasteiger partial charge in [0, 0.05) is 11.9 Å². The van der Waals surface area contributed by atoms with Gasteiger partial charge in [-0.3, -0.25) is 10.3 Å². The van der Waals surface area contributed by atoms with Crippen molar-refractivity contribution in [3.8, 4) is 0 Å². The van der Waals surface area contributed by atoms with Crippen LogP contribution in [0.15, 0.2) is 53.5 Å². The van der Waals surface area contributed by atoms with Crippen molar-refractivity contribution in [2.45, 2.75) is 44.4 Å². The van der Waals surface area contributed by atoms with E-state index < -0.39 is 23.3 Å². The summed E-state index contributed by atoms with van der Waals surface area (Å²) in [6, 6.07) is 12.4. The normalized spacial score (nSPS) is 19.1. The molecule has 2 aromatic carbocycles. The van der Waals surface area contributed by atoms with Crippen molar-refractivity contribution in [2.24, 2.45) is 4.99 Å². The van der Waals surface area contributed by atoms with Gasteiger partial charge in [0.2, 0.25) is 0 Å². The highest BCUT2D eigenvalue weighted by atomic mass is 19.4. The molecule has 1 N–H and O–H groups in total. The lowest BCUT2D eigenvalue weighted by atomic mass is 9.74. The number of halogens is 3. The highest BCUT2D eigenvalue weighted by Gasteiger charge is 2.56. The van der Waals surface area contributed by atoms with Gasteiger partial charge in [-0.05, 0) is 56.5 Å². The van der Waals surface area contributed by atoms with E-state index in [2.05, 4.69) is 10.3 Å². The monoisotopic (exact) mass is 390 g/mol. The molecule has 0 radical (unpaired) electrons. The van der Waals surface area contributed by atoms with E-state index in [1.807, 2.05) is 0 Å². The van der Waals surface area contributed by atoms with Gasteiger partial charge in [-0.15, -0.1) is 0 Å². The molecule has 1 amide bonds. The molecule has 7 heteroatoms. The molecule has 4 nitrogen and oxygen atoms in total. The Bertz CT molecular complexity index is 902. The molecule has 3 rings (SSSR count). The minimum Gasteiger partial charge on any atom is -0.444 e. The zero-order valence-electron chi connectivity index (χ0n) is 15.8. The summed E-state index contributed by atoms with van der Waals surface area (Å²) in [7, 11) is 0. The van der Waals surface area contributed by atoms with Crippen molar-refractivity contribution in [1.82, 2.24) is 0 Å². The molecule has 1 heterocycles. The second kappa shape index (κ2) is 6.96. The summed E-state index contributed by atoms with van der Waals surface area (Å²) in [6.45, 7) is 5.18. The van der Waals surface area contributed by atoms with E-state index in [9.17, 15) is 18.0 Å². The first-order valence-corrected chi connectivity index (χ1v) is 8.81. The number of nitrogens with zero attached hydrogens (tertiary/aromatic N) is 1. The van der Waals surface area contributed by atoms with Crippen LogP contribution >= 0.6 is 0 Å². The molecule has 1 aliphatic rings. The van der Waals surface area contributed by atoms with Crippen molar-refractivity contribution in [3.63, 3.8) is 0 Å². The van der Waals surface area contributed by atoms with E-state index >= 15 is 0 Å². The Labute approximate surface area is 161 Å². The lowest BCUT2D eigenvalue weighted by molar-refractivity contribution is -0.168. The molecule has 0 aliphatic carbocycles. The number of alkyl halides is 3. The van der Waals surface area contributed by atoms with Crippen LogP contribution < -0.4 is 5.32 Å². The number of carbonyl (C=O) groups excluding carboxylic acids is 1. The van der Waals surface area contributed by atoms with Crippen molar-refractivity contribution in [2.75, 3.05) is 5.32 Å². The number of hydrogen-bond donors (Lipinski definition) is 1. The Morgan fingerprint density at radius 2 is 1.79 bits per heavy atom. The zero-order chi connectivity index (χ0) is 20.6. The molecule has 1 aliphatic heterocycles. The van der Waals surface area contributed by atoms with Gasteiger partial charge in [-0.2, -0.15) is 13.2 Å². The van der Waals surface area contributed by atoms with Gasteiger partial charge >= 0.3 is 12.3 Å². The SMILES string of the molecule is CC(C)(C)OC(=O)Nc1ccc2c(c1)C[C@](c1ccccc1)(C(F)(F)F)C=N2. The van der Waals surface area contributed by atoms with Crippen molar-refractivity contribution >= 4 is 23.7 Å². The van der Waals surface area contributed by atoms with Gasteiger partial charge < -0.3 is 4.74 Å². The highest BCUT2D eigenvalue weighted by molar-refractivity contribution is 5.87. The highest BCUT2D eigenvalue weighted by Crippen LogP contribution is 2.46. The lowest BCUT2D eigenvalue weighted by Gasteiger charge is -2.35. The van der Waals surface area contributed by atoms with E-state index in [0.717, 1.165) is 6.21 Å². The van der Waals surface area contributed by atoms with E-state index in [0.29, 0.717) is 16.9 Å². The smallest absolute Gasteiger partial charge is 0.412 e. The van der Waals surface area contributed by atoms with Crippen LogP contribution in [0, 0.1) is 0 Å². The number of hydrogen-bond acceptors (Lipinski definition) is 3. The number of fused-ring (bicyclic) bond motifs is 1. The van der Waals surface area contributed by atoms with Crippen LogP contribution in [0.3, 0.4) is 0 Å². The number of ether oxygens (including phenoxy) is 1. The summed E-state index contributed by atoms with van der Waals surface area (Å²) in [6.07, 6.45) is -4.52. The maximum Gasteiger partial charge on any atom is 0.412 e. The molecule has 0 unspecified atom stereocenters. The van der Waals surface area contributed by atoms with Crippen molar-refractivity contribution in [3.05, 3.63) is 59.7 Å². The van der Waals surface area contributed by atoms with Crippen LogP contribution in [0.1, 0.15) is 31.9 Å². The van der Waals surface area contributed by atoms with Crippen LogP contribution in [-0.2, 0) is 16.6 Å². The largest absolute Gasteiger partial charge is 0.444 e. The molecule has 0 saturated heterocycles. The molecule has 2 aromatic rings. The summed E-state index contributed by atoms with van der Waals surface area (Å²) >= 11 is 0. The van der Waals surface area contributed by atoms with Crippen LogP contribution in [0.4, 0.5) is 29.3 Å². The first-order valence-electron chi connectivity index (χ1n) is 8.81. The minimum atomic E-state index is -4.52. The van der Waals surface area contributed by atoms with Gasteiger partial charge in [0.05, 0.1) is 5.69 Å². The first-order chi connectivity index (χ1) is 13.0. The molecule has 1 atom stereocenters. The summed E-state index contributed by atoms with van der Waals surface area (Å²) < 4.78 is 47.5. The zero-order valence-corrected chi connectivity index (χ0v) is 15.8. The summed E-state index contributed by atoms with van der Waals surface area (Å²) in [5, 5.41) is 2.56. The van der Waals surface area contributed by atoms with E-state index in [4.69, 9.17) is 4.74 Å². The van der Waals surface area contributed by atoms with Gasteiger partial charge in [-0.25, -0.2) is 4.79 Å². The molecule has 0 spiro atoms. The second-order valence-corrected chi connectivity index (χ2v) is 7.74. The summed E-state index contributed by atoms with van der Waals surface area (Å²) in [4.78, 5) is 16.0. The third-order valence-corrected chi connectivity index (χ3v) is 4.41. The Balaban J connectivity index is 1.94. The molecule has 28 heavy (non-hydrogen) atoms. The fourth-order valence-electron chi connectivity index (χ4n) is 3.13. The Morgan fingerprint density at radius 1 is 1.11 bits per heavy atom. The van der Waals surface area contributed by atoms with Crippen LogP contribution in [0.5, 0.6) is 0 Å². The van der Waals surface area contributed by atoms with Gasteiger partial charge in [0.15, 0.2) is 0 Å². The molecule has 0 fully saturated rings. The number of rotatable bonds is 2. The van der Waals surface area contributed by atoms with Crippen LogP contribution in [0.2, 0.25) is 0 Å². The molecule has 0 aromatic heterocycles. The number of benzene rings is 2. The molecular formula is C21H21F3N2O2. The fraction of sp³-hybridized carbons (Fsp3) is 0.333. The third kappa shape index (κ3) is 4.03. The number of amides is 1. The Kier molecular flexibility index (Phi) is 4.95. The average Bonchev–Trinajstić information content (AvgIpc) is 2.59. The van der Waals surface area contributed by atoms with E-state index in [1.54, 1.807) is 51.1 Å².